The van der Waals surface area contributed by atoms with Gasteiger partial charge in [0.15, 0.2) is 11.0 Å². The van der Waals surface area contributed by atoms with Crippen molar-refractivity contribution in [3.05, 3.63) is 64.8 Å². The number of hydrogen-bond acceptors (Lipinski definition) is 5. The van der Waals surface area contributed by atoms with Crippen LogP contribution >= 0.6 is 11.3 Å². The molecule has 0 atom stereocenters. The Kier molecular flexibility index (Phi) is 4.59. The standard InChI is InChI=1S/C20H21N3O2S/c1-2-15-12-21-17(25-15)9-8-16-13-22-19(26-16)23-18(24)20(10-11-20)14-6-4-3-5-7-14/h3-7,12-13H,2,8-11H2,1H3,(H,22,23,24). The molecular weight excluding hydrogens is 346 g/mol. The van der Waals surface area contributed by atoms with Crippen LogP contribution in [0.15, 0.2) is 47.1 Å². The van der Waals surface area contributed by atoms with Gasteiger partial charge >= 0.3 is 0 Å². The van der Waals surface area contributed by atoms with Gasteiger partial charge < -0.3 is 9.73 Å². The zero-order valence-electron chi connectivity index (χ0n) is 14.7. The highest BCUT2D eigenvalue weighted by molar-refractivity contribution is 7.15. The number of benzene rings is 1. The number of carbonyl (C=O) groups is 1. The number of aromatic nitrogens is 2. The van der Waals surface area contributed by atoms with Gasteiger partial charge in [0.1, 0.15) is 5.76 Å². The number of rotatable bonds is 7. The van der Waals surface area contributed by atoms with Crippen LogP contribution in [-0.2, 0) is 29.5 Å². The van der Waals surface area contributed by atoms with Crippen LogP contribution in [0.3, 0.4) is 0 Å². The first-order chi connectivity index (χ1) is 12.7. The second-order valence-electron chi connectivity index (χ2n) is 6.61. The zero-order valence-corrected chi connectivity index (χ0v) is 15.5. The molecule has 0 bridgehead atoms. The maximum Gasteiger partial charge on any atom is 0.236 e. The lowest BCUT2D eigenvalue weighted by atomic mass is 9.95. The van der Waals surface area contributed by atoms with Crippen LogP contribution in [0.4, 0.5) is 5.13 Å². The van der Waals surface area contributed by atoms with Gasteiger partial charge in [0.25, 0.3) is 0 Å². The van der Waals surface area contributed by atoms with Crippen LogP contribution in [0.25, 0.3) is 0 Å². The molecule has 6 heteroatoms. The minimum Gasteiger partial charge on any atom is -0.446 e. The van der Waals surface area contributed by atoms with Gasteiger partial charge in [-0.25, -0.2) is 9.97 Å². The number of thiazole rings is 1. The van der Waals surface area contributed by atoms with Crippen molar-refractivity contribution in [1.29, 1.82) is 0 Å². The van der Waals surface area contributed by atoms with E-state index in [1.54, 1.807) is 6.20 Å². The van der Waals surface area contributed by atoms with Crippen LogP contribution in [0.5, 0.6) is 0 Å². The van der Waals surface area contributed by atoms with Crippen molar-refractivity contribution in [1.82, 2.24) is 9.97 Å². The first-order valence-electron chi connectivity index (χ1n) is 8.95. The van der Waals surface area contributed by atoms with Crippen LogP contribution in [0, 0.1) is 0 Å². The van der Waals surface area contributed by atoms with Crippen molar-refractivity contribution in [3.8, 4) is 0 Å². The first kappa shape index (κ1) is 17.0. The average molecular weight is 367 g/mol. The van der Waals surface area contributed by atoms with E-state index in [-0.39, 0.29) is 11.3 Å². The Bertz CT molecular complexity index is 897. The van der Waals surface area contributed by atoms with Crippen molar-refractivity contribution in [2.24, 2.45) is 0 Å². The van der Waals surface area contributed by atoms with E-state index in [2.05, 4.69) is 15.3 Å². The molecule has 1 fully saturated rings. The second-order valence-corrected chi connectivity index (χ2v) is 7.72. The van der Waals surface area contributed by atoms with Gasteiger partial charge in [0.05, 0.1) is 11.6 Å². The summed E-state index contributed by atoms with van der Waals surface area (Å²) >= 11 is 1.52. The number of carbonyl (C=O) groups excluding carboxylic acids is 1. The van der Waals surface area contributed by atoms with E-state index in [9.17, 15) is 4.79 Å². The van der Waals surface area contributed by atoms with Crippen molar-refractivity contribution in [2.75, 3.05) is 5.32 Å². The Morgan fingerprint density at radius 1 is 1.19 bits per heavy atom. The lowest BCUT2D eigenvalue weighted by Crippen LogP contribution is -2.27. The summed E-state index contributed by atoms with van der Waals surface area (Å²) in [6.07, 6.45) is 7.80. The predicted molar refractivity (Wildman–Crippen MR) is 101 cm³/mol. The van der Waals surface area contributed by atoms with Gasteiger partial charge in [0, 0.05) is 23.9 Å². The van der Waals surface area contributed by atoms with Gasteiger partial charge in [0.2, 0.25) is 5.91 Å². The molecule has 26 heavy (non-hydrogen) atoms. The van der Waals surface area contributed by atoms with Crippen molar-refractivity contribution < 1.29 is 9.21 Å². The summed E-state index contributed by atoms with van der Waals surface area (Å²) in [5.74, 6) is 1.71. The molecule has 1 N–H and O–H groups in total. The third kappa shape index (κ3) is 3.42. The van der Waals surface area contributed by atoms with Crippen molar-refractivity contribution >= 4 is 22.4 Å². The Morgan fingerprint density at radius 3 is 2.69 bits per heavy atom. The smallest absolute Gasteiger partial charge is 0.236 e. The van der Waals surface area contributed by atoms with Crippen LogP contribution < -0.4 is 5.32 Å². The van der Waals surface area contributed by atoms with Gasteiger partial charge in [-0.1, -0.05) is 37.3 Å². The second kappa shape index (κ2) is 7.03. The predicted octanol–water partition coefficient (Wildman–Crippen LogP) is 4.15. The Hall–Kier alpha value is -2.47. The van der Waals surface area contributed by atoms with Crippen LogP contribution in [0.1, 0.15) is 41.9 Å². The molecule has 134 valence electrons. The highest BCUT2D eigenvalue weighted by Crippen LogP contribution is 2.49. The summed E-state index contributed by atoms with van der Waals surface area (Å²) in [5, 5.41) is 3.67. The highest BCUT2D eigenvalue weighted by atomic mass is 32.1. The molecule has 0 saturated heterocycles. The fourth-order valence-corrected chi connectivity index (χ4v) is 3.89. The molecule has 2 aromatic heterocycles. The minimum atomic E-state index is -0.373. The summed E-state index contributed by atoms with van der Waals surface area (Å²) < 4.78 is 5.63. The molecule has 1 saturated carbocycles. The number of hydrogen-bond donors (Lipinski definition) is 1. The topological polar surface area (TPSA) is 68.0 Å². The number of aryl methyl sites for hydroxylation is 3. The van der Waals surface area contributed by atoms with E-state index < -0.39 is 0 Å². The zero-order chi connectivity index (χ0) is 18.0. The Labute approximate surface area is 156 Å². The number of oxazole rings is 1. The lowest BCUT2D eigenvalue weighted by molar-refractivity contribution is -0.118. The molecule has 0 spiro atoms. The third-order valence-corrected chi connectivity index (χ3v) is 5.79. The summed E-state index contributed by atoms with van der Waals surface area (Å²) in [4.78, 5) is 22.5. The SMILES string of the molecule is CCc1cnc(CCc2cnc(NC(=O)C3(c4ccccc4)CC3)s2)o1. The van der Waals surface area contributed by atoms with Crippen LogP contribution in [0.2, 0.25) is 0 Å². The fraction of sp³-hybridized carbons (Fsp3) is 0.350. The van der Waals surface area contributed by atoms with E-state index in [0.29, 0.717) is 5.13 Å². The average Bonchev–Trinajstić information content (AvgIpc) is 3.16. The molecule has 0 aliphatic heterocycles. The van der Waals surface area contributed by atoms with Crippen molar-refractivity contribution in [2.45, 2.75) is 44.4 Å². The maximum atomic E-state index is 12.8. The summed E-state index contributed by atoms with van der Waals surface area (Å²) in [7, 11) is 0. The number of anilines is 1. The normalized spacial score (nSPS) is 15.0. The highest BCUT2D eigenvalue weighted by Gasteiger charge is 2.51. The molecule has 2 heterocycles. The van der Waals surface area contributed by atoms with Crippen LogP contribution in [-0.4, -0.2) is 15.9 Å². The quantitative estimate of drug-likeness (QED) is 0.681. The molecule has 1 aliphatic rings. The van der Waals surface area contributed by atoms with E-state index in [1.165, 1.54) is 11.3 Å². The van der Waals surface area contributed by atoms with Gasteiger partial charge in [-0.2, -0.15) is 0 Å². The molecule has 1 aromatic carbocycles. The number of nitrogens with one attached hydrogen (secondary N) is 1. The van der Waals surface area contributed by atoms with E-state index in [4.69, 9.17) is 4.42 Å². The van der Waals surface area contributed by atoms with E-state index in [1.807, 2.05) is 43.5 Å². The van der Waals surface area contributed by atoms with Gasteiger partial charge in [-0.05, 0) is 24.8 Å². The molecule has 0 radical (unpaired) electrons. The minimum absolute atomic E-state index is 0.0462. The van der Waals surface area contributed by atoms with E-state index in [0.717, 1.165) is 54.2 Å². The van der Waals surface area contributed by atoms with E-state index >= 15 is 0 Å². The van der Waals surface area contributed by atoms with Gasteiger partial charge in [-0.15, -0.1) is 11.3 Å². The maximum absolute atomic E-state index is 12.8. The molecule has 5 nitrogen and oxygen atoms in total. The summed E-state index contributed by atoms with van der Waals surface area (Å²) in [5.41, 5.74) is 0.715. The fourth-order valence-electron chi connectivity index (χ4n) is 3.08. The number of amides is 1. The molecule has 4 rings (SSSR count). The molecule has 1 aliphatic carbocycles. The largest absolute Gasteiger partial charge is 0.446 e. The first-order valence-corrected chi connectivity index (χ1v) is 9.76. The monoisotopic (exact) mass is 367 g/mol. The molecule has 3 aromatic rings. The van der Waals surface area contributed by atoms with Gasteiger partial charge in [-0.3, -0.25) is 4.79 Å². The summed E-state index contributed by atoms with van der Waals surface area (Å²) in [6.45, 7) is 2.05. The lowest BCUT2D eigenvalue weighted by Gasteiger charge is -2.14. The molecule has 1 amide bonds. The molecule has 0 unspecified atom stereocenters. The van der Waals surface area contributed by atoms with Crippen molar-refractivity contribution in [3.63, 3.8) is 0 Å². The Balaban J connectivity index is 1.37. The number of nitrogens with zero attached hydrogens (tertiary/aromatic N) is 2. The molecular formula is C20H21N3O2S. The third-order valence-electron chi connectivity index (χ3n) is 4.82. The Morgan fingerprint density at radius 2 is 2.00 bits per heavy atom. The summed E-state index contributed by atoms with van der Waals surface area (Å²) in [6, 6.07) is 10.00.